The molecular formula is C29H34N2O3. The van der Waals surface area contributed by atoms with Crippen LogP contribution in [0.3, 0.4) is 0 Å². The summed E-state index contributed by atoms with van der Waals surface area (Å²) in [6, 6.07) is 25.1. The maximum absolute atomic E-state index is 13.5. The summed E-state index contributed by atoms with van der Waals surface area (Å²) in [5, 5.41) is 2.76. The first-order valence-electron chi connectivity index (χ1n) is 11.8. The van der Waals surface area contributed by atoms with Crippen molar-refractivity contribution in [3.8, 4) is 5.75 Å². The fraction of sp³-hybridized carbons (Fsp3) is 0.310. The molecule has 34 heavy (non-hydrogen) atoms. The number of aryl methyl sites for hydroxylation is 2. The van der Waals surface area contributed by atoms with Crippen LogP contribution in [0.25, 0.3) is 0 Å². The highest BCUT2D eigenvalue weighted by Gasteiger charge is 2.29. The number of carbonyl (C=O) groups is 2. The van der Waals surface area contributed by atoms with Crippen molar-refractivity contribution in [2.45, 2.75) is 45.7 Å². The van der Waals surface area contributed by atoms with Crippen LogP contribution in [0.15, 0.2) is 78.9 Å². The highest BCUT2D eigenvalue weighted by molar-refractivity contribution is 5.87. The number of rotatable bonds is 11. The van der Waals surface area contributed by atoms with Crippen LogP contribution < -0.4 is 10.1 Å². The molecular weight excluding hydrogens is 424 g/mol. The summed E-state index contributed by atoms with van der Waals surface area (Å²) in [4.78, 5) is 28.1. The van der Waals surface area contributed by atoms with Crippen LogP contribution in [0.1, 0.15) is 35.1 Å². The molecule has 2 amide bonds. The minimum absolute atomic E-state index is 0.0553. The molecule has 1 N–H and O–H groups in total. The molecule has 0 fully saturated rings. The third-order valence-corrected chi connectivity index (χ3v) is 5.94. The summed E-state index contributed by atoms with van der Waals surface area (Å²) in [6.07, 6.45) is 1.33. The van der Waals surface area contributed by atoms with Gasteiger partial charge in [-0.25, -0.2) is 0 Å². The fourth-order valence-electron chi connectivity index (χ4n) is 3.88. The van der Waals surface area contributed by atoms with E-state index in [9.17, 15) is 9.59 Å². The molecule has 0 saturated heterocycles. The lowest BCUT2D eigenvalue weighted by Crippen LogP contribution is -2.49. The van der Waals surface area contributed by atoms with E-state index in [4.69, 9.17) is 4.74 Å². The van der Waals surface area contributed by atoms with Gasteiger partial charge in [0.2, 0.25) is 11.8 Å². The molecule has 0 radical (unpaired) electrons. The SMILES string of the molecule is CNC(=O)C(Cc1ccccc1)N(Cc1ccccc1C)C(=O)CCCOc1ccc(C)cc1. The molecule has 5 heteroatoms. The van der Waals surface area contributed by atoms with Gasteiger partial charge in [-0.15, -0.1) is 0 Å². The predicted octanol–water partition coefficient (Wildman–Crippen LogP) is 4.85. The van der Waals surface area contributed by atoms with Gasteiger partial charge in [0.25, 0.3) is 0 Å². The Hall–Kier alpha value is -3.60. The number of amides is 2. The van der Waals surface area contributed by atoms with Gasteiger partial charge in [0.1, 0.15) is 11.8 Å². The highest BCUT2D eigenvalue weighted by atomic mass is 16.5. The van der Waals surface area contributed by atoms with Crippen LogP contribution in [0.5, 0.6) is 5.75 Å². The summed E-state index contributed by atoms with van der Waals surface area (Å²) in [7, 11) is 1.62. The number of likely N-dealkylation sites (N-methyl/N-ethyl adjacent to an activating group) is 1. The smallest absolute Gasteiger partial charge is 0.242 e. The highest BCUT2D eigenvalue weighted by Crippen LogP contribution is 2.19. The molecule has 0 bridgehead atoms. The van der Waals surface area contributed by atoms with Gasteiger partial charge in [-0.1, -0.05) is 72.3 Å². The van der Waals surface area contributed by atoms with Gasteiger partial charge in [0.05, 0.1) is 6.61 Å². The van der Waals surface area contributed by atoms with Gasteiger partial charge in [-0.05, 0) is 49.1 Å². The number of hydrogen-bond donors (Lipinski definition) is 1. The molecule has 178 valence electrons. The van der Waals surface area contributed by atoms with E-state index in [0.29, 0.717) is 32.4 Å². The van der Waals surface area contributed by atoms with Crippen molar-refractivity contribution in [3.05, 3.63) is 101 Å². The summed E-state index contributed by atoms with van der Waals surface area (Å²) in [6.45, 7) is 4.88. The van der Waals surface area contributed by atoms with Gasteiger partial charge in [-0.2, -0.15) is 0 Å². The van der Waals surface area contributed by atoms with Crippen molar-refractivity contribution in [1.82, 2.24) is 10.2 Å². The molecule has 0 heterocycles. The Bertz CT molecular complexity index is 1060. The summed E-state index contributed by atoms with van der Waals surface area (Å²) >= 11 is 0. The quantitative estimate of drug-likeness (QED) is 0.418. The second-order valence-corrected chi connectivity index (χ2v) is 8.53. The molecule has 1 unspecified atom stereocenters. The van der Waals surface area contributed by atoms with E-state index < -0.39 is 6.04 Å². The maximum Gasteiger partial charge on any atom is 0.242 e. The number of hydrogen-bond acceptors (Lipinski definition) is 3. The van der Waals surface area contributed by atoms with E-state index in [1.165, 1.54) is 5.56 Å². The van der Waals surface area contributed by atoms with Crippen molar-refractivity contribution in [2.24, 2.45) is 0 Å². The first-order chi connectivity index (χ1) is 16.5. The largest absolute Gasteiger partial charge is 0.494 e. The molecule has 3 rings (SSSR count). The minimum atomic E-state index is -0.600. The van der Waals surface area contributed by atoms with E-state index >= 15 is 0 Å². The lowest BCUT2D eigenvalue weighted by atomic mass is 10.0. The summed E-state index contributed by atoms with van der Waals surface area (Å²) in [5.41, 5.74) is 4.32. The Kier molecular flexibility index (Phi) is 9.27. The van der Waals surface area contributed by atoms with Gasteiger partial charge in [0, 0.05) is 26.4 Å². The van der Waals surface area contributed by atoms with Crippen molar-refractivity contribution in [2.75, 3.05) is 13.7 Å². The van der Waals surface area contributed by atoms with Crippen LogP contribution in [-0.2, 0) is 22.6 Å². The first kappa shape index (κ1) is 25.0. The Morgan fingerprint density at radius 2 is 1.59 bits per heavy atom. The Morgan fingerprint density at radius 1 is 0.912 bits per heavy atom. The van der Waals surface area contributed by atoms with Gasteiger partial charge in [-0.3, -0.25) is 9.59 Å². The number of benzene rings is 3. The molecule has 0 saturated carbocycles. The lowest BCUT2D eigenvalue weighted by Gasteiger charge is -2.31. The molecule has 0 aliphatic carbocycles. The van der Waals surface area contributed by atoms with E-state index in [0.717, 1.165) is 22.4 Å². The van der Waals surface area contributed by atoms with Crippen molar-refractivity contribution < 1.29 is 14.3 Å². The normalized spacial score (nSPS) is 11.5. The third-order valence-electron chi connectivity index (χ3n) is 5.94. The Labute approximate surface area is 202 Å². The Morgan fingerprint density at radius 3 is 2.26 bits per heavy atom. The summed E-state index contributed by atoms with van der Waals surface area (Å²) < 4.78 is 5.80. The van der Waals surface area contributed by atoms with Crippen molar-refractivity contribution in [1.29, 1.82) is 0 Å². The minimum Gasteiger partial charge on any atom is -0.494 e. The zero-order chi connectivity index (χ0) is 24.3. The van der Waals surface area contributed by atoms with Crippen LogP contribution >= 0.6 is 0 Å². The van der Waals surface area contributed by atoms with E-state index in [2.05, 4.69) is 5.32 Å². The van der Waals surface area contributed by atoms with Crippen molar-refractivity contribution in [3.63, 3.8) is 0 Å². The van der Waals surface area contributed by atoms with Gasteiger partial charge < -0.3 is 15.0 Å². The lowest BCUT2D eigenvalue weighted by molar-refractivity contribution is -0.141. The first-order valence-corrected chi connectivity index (χ1v) is 11.8. The molecule has 3 aromatic carbocycles. The molecule has 1 atom stereocenters. The van der Waals surface area contributed by atoms with Gasteiger partial charge in [0.15, 0.2) is 0 Å². The zero-order valence-corrected chi connectivity index (χ0v) is 20.3. The molecule has 0 aliphatic heterocycles. The average Bonchev–Trinajstić information content (AvgIpc) is 2.86. The topological polar surface area (TPSA) is 58.6 Å². The van der Waals surface area contributed by atoms with Crippen LogP contribution in [0.2, 0.25) is 0 Å². The molecule has 0 aliphatic rings. The third kappa shape index (κ3) is 7.20. The van der Waals surface area contributed by atoms with E-state index in [1.807, 2.05) is 92.7 Å². The van der Waals surface area contributed by atoms with Gasteiger partial charge >= 0.3 is 0 Å². The standard InChI is InChI=1S/C29H34N2O3/c1-22-15-17-26(18-16-22)34-19-9-14-28(32)31(21-25-13-8-7-10-23(25)2)27(29(33)30-3)20-24-11-5-4-6-12-24/h4-8,10-13,15-18,27H,9,14,19-21H2,1-3H3,(H,30,33). The average molecular weight is 459 g/mol. The van der Waals surface area contributed by atoms with E-state index in [1.54, 1.807) is 11.9 Å². The number of carbonyl (C=O) groups excluding carboxylic acids is 2. The zero-order valence-electron chi connectivity index (χ0n) is 20.3. The molecule has 3 aromatic rings. The molecule has 5 nitrogen and oxygen atoms in total. The summed E-state index contributed by atoms with van der Waals surface area (Å²) in [5.74, 6) is 0.573. The second-order valence-electron chi connectivity index (χ2n) is 8.53. The molecule has 0 aromatic heterocycles. The number of ether oxygens (including phenoxy) is 1. The number of nitrogens with one attached hydrogen (secondary N) is 1. The van der Waals surface area contributed by atoms with Crippen molar-refractivity contribution >= 4 is 11.8 Å². The van der Waals surface area contributed by atoms with Crippen LogP contribution in [-0.4, -0.2) is 36.4 Å². The maximum atomic E-state index is 13.5. The van der Waals surface area contributed by atoms with Crippen LogP contribution in [0, 0.1) is 13.8 Å². The number of nitrogens with zero attached hydrogens (tertiary/aromatic N) is 1. The molecule has 0 spiro atoms. The predicted molar refractivity (Wildman–Crippen MR) is 136 cm³/mol. The monoisotopic (exact) mass is 458 g/mol. The Balaban J connectivity index is 1.75. The van der Waals surface area contributed by atoms with Crippen LogP contribution in [0.4, 0.5) is 0 Å². The van der Waals surface area contributed by atoms with E-state index in [-0.39, 0.29) is 11.8 Å². The second kappa shape index (κ2) is 12.6. The fourth-order valence-corrected chi connectivity index (χ4v) is 3.88.